The maximum absolute atomic E-state index is 13.0. The average molecular weight is 449 g/mol. The van der Waals surface area contributed by atoms with Crippen LogP contribution in [0.5, 0.6) is 0 Å². The maximum Gasteiger partial charge on any atom is 0.254 e. The van der Waals surface area contributed by atoms with Crippen molar-refractivity contribution in [3.63, 3.8) is 0 Å². The summed E-state index contributed by atoms with van der Waals surface area (Å²) in [7, 11) is 0. The molecule has 0 saturated carbocycles. The molecule has 0 radical (unpaired) electrons. The van der Waals surface area contributed by atoms with E-state index in [0.29, 0.717) is 30.3 Å². The molecule has 2 aromatic heterocycles. The summed E-state index contributed by atoms with van der Waals surface area (Å²) < 4.78 is 0. The van der Waals surface area contributed by atoms with E-state index in [1.807, 2.05) is 60.6 Å². The number of benzene rings is 1. The smallest absolute Gasteiger partial charge is 0.254 e. The van der Waals surface area contributed by atoms with E-state index in [1.165, 1.54) is 11.1 Å². The SMILES string of the molecule is CCN(Cc1cccnc1)C(=O)c1ccc(C[C@@H]2CC[C@H](Cc3ccc(Cl)nc3)N2)cc1. The highest BCUT2D eigenvalue weighted by Gasteiger charge is 2.24. The van der Waals surface area contributed by atoms with E-state index >= 15 is 0 Å². The molecule has 1 aliphatic heterocycles. The Labute approximate surface area is 194 Å². The van der Waals surface area contributed by atoms with Crippen molar-refractivity contribution >= 4 is 17.5 Å². The number of pyridine rings is 2. The molecule has 1 aliphatic rings. The van der Waals surface area contributed by atoms with E-state index in [-0.39, 0.29) is 5.91 Å². The van der Waals surface area contributed by atoms with E-state index in [0.717, 1.165) is 36.8 Å². The van der Waals surface area contributed by atoms with Gasteiger partial charge in [-0.05, 0) is 73.6 Å². The lowest BCUT2D eigenvalue weighted by molar-refractivity contribution is 0.0752. The van der Waals surface area contributed by atoms with Gasteiger partial charge in [-0.2, -0.15) is 0 Å². The first-order valence-electron chi connectivity index (χ1n) is 11.2. The van der Waals surface area contributed by atoms with Gasteiger partial charge < -0.3 is 10.2 Å². The first-order valence-corrected chi connectivity index (χ1v) is 11.6. The number of rotatable bonds is 8. The summed E-state index contributed by atoms with van der Waals surface area (Å²) >= 11 is 5.88. The summed E-state index contributed by atoms with van der Waals surface area (Å²) in [6.07, 6.45) is 9.67. The van der Waals surface area contributed by atoms with Crippen LogP contribution >= 0.6 is 11.6 Å². The first kappa shape index (κ1) is 22.4. The minimum absolute atomic E-state index is 0.0542. The van der Waals surface area contributed by atoms with E-state index in [1.54, 1.807) is 6.20 Å². The predicted molar refractivity (Wildman–Crippen MR) is 128 cm³/mol. The molecule has 32 heavy (non-hydrogen) atoms. The second-order valence-corrected chi connectivity index (χ2v) is 8.80. The number of carbonyl (C=O) groups is 1. The summed E-state index contributed by atoms with van der Waals surface area (Å²) in [4.78, 5) is 23.1. The summed E-state index contributed by atoms with van der Waals surface area (Å²) in [6.45, 7) is 3.23. The van der Waals surface area contributed by atoms with Gasteiger partial charge in [0, 0.05) is 49.3 Å². The van der Waals surface area contributed by atoms with Gasteiger partial charge in [-0.15, -0.1) is 0 Å². The van der Waals surface area contributed by atoms with Crippen molar-refractivity contribution in [2.24, 2.45) is 0 Å². The standard InChI is InChI=1S/C26H29ClN4O/c1-2-31(18-21-4-3-13-28-16-21)26(32)22-8-5-19(6-9-22)14-23-10-11-24(30-23)15-20-7-12-25(27)29-17-20/h3-9,12-13,16-17,23-24,30H,2,10-11,14-15,18H2,1H3/t23-,24+/m0/s1. The van der Waals surface area contributed by atoms with Gasteiger partial charge in [0.1, 0.15) is 5.15 Å². The number of nitrogens with zero attached hydrogens (tertiary/aromatic N) is 3. The molecule has 1 amide bonds. The Morgan fingerprint density at radius 1 is 1.00 bits per heavy atom. The third-order valence-corrected chi connectivity index (χ3v) is 6.28. The minimum atomic E-state index is 0.0542. The lowest BCUT2D eigenvalue weighted by Crippen LogP contribution is -2.32. The van der Waals surface area contributed by atoms with Crippen molar-refractivity contribution in [1.29, 1.82) is 0 Å². The molecule has 1 N–H and O–H groups in total. The zero-order valence-electron chi connectivity index (χ0n) is 18.4. The van der Waals surface area contributed by atoms with Crippen molar-refractivity contribution in [3.8, 4) is 0 Å². The Kier molecular flexibility index (Phi) is 7.51. The Morgan fingerprint density at radius 2 is 1.72 bits per heavy atom. The molecule has 2 atom stereocenters. The molecule has 4 rings (SSSR count). The molecule has 0 bridgehead atoms. The number of halogens is 1. The van der Waals surface area contributed by atoms with Gasteiger partial charge in [-0.25, -0.2) is 4.98 Å². The molecule has 1 fully saturated rings. The van der Waals surface area contributed by atoms with Crippen LogP contribution in [-0.2, 0) is 19.4 Å². The van der Waals surface area contributed by atoms with E-state index < -0.39 is 0 Å². The minimum Gasteiger partial charge on any atom is -0.335 e. The lowest BCUT2D eigenvalue weighted by atomic mass is 10.0. The van der Waals surface area contributed by atoms with Crippen molar-refractivity contribution in [2.45, 2.75) is 51.2 Å². The summed E-state index contributed by atoms with van der Waals surface area (Å²) in [6, 6.07) is 16.8. The highest BCUT2D eigenvalue weighted by Crippen LogP contribution is 2.20. The normalized spacial score (nSPS) is 17.9. The van der Waals surface area contributed by atoms with Crippen LogP contribution in [0.15, 0.2) is 67.1 Å². The van der Waals surface area contributed by atoms with Crippen molar-refractivity contribution in [3.05, 3.63) is 94.5 Å². The summed E-state index contributed by atoms with van der Waals surface area (Å²) in [5.41, 5.74) is 4.23. The summed E-state index contributed by atoms with van der Waals surface area (Å²) in [5, 5.41) is 4.29. The molecule has 5 nitrogen and oxygen atoms in total. The van der Waals surface area contributed by atoms with Crippen LogP contribution in [0.2, 0.25) is 5.15 Å². The summed E-state index contributed by atoms with van der Waals surface area (Å²) in [5.74, 6) is 0.0542. The highest BCUT2D eigenvalue weighted by atomic mass is 35.5. The number of hydrogen-bond acceptors (Lipinski definition) is 4. The third-order valence-electron chi connectivity index (χ3n) is 6.05. The molecule has 0 unspecified atom stereocenters. The maximum atomic E-state index is 13.0. The van der Waals surface area contributed by atoms with Crippen LogP contribution in [0.25, 0.3) is 0 Å². The number of amides is 1. The third kappa shape index (κ3) is 5.93. The van der Waals surface area contributed by atoms with Gasteiger partial charge in [0.15, 0.2) is 0 Å². The molecule has 0 spiro atoms. The first-order chi connectivity index (χ1) is 15.6. The van der Waals surface area contributed by atoms with Gasteiger partial charge in [0.2, 0.25) is 0 Å². The fraction of sp³-hybridized carbons (Fsp3) is 0.346. The van der Waals surface area contributed by atoms with Crippen LogP contribution in [-0.4, -0.2) is 39.4 Å². The van der Waals surface area contributed by atoms with Gasteiger partial charge in [0.05, 0.1) is 0 Å². The van der Waals surface area contributed by atoms with Crippen molar-refractivity contribution in [1.82, 2.24) is 20.2 Å². The fourth-order valence-corrected chi connectivity index (χ4v) is 4.44. The predicted octanol–water partition coefficient (Wildman–Crippen LogP) is 4.70. The zero-order chi connectivity index (χ0) is 22.3. The molecule has 3 heterocycles. The number of nitrogens with one attached hydrogen (secondary N) is 1. The van der Waals surface area contributed by atoms with E-state index in [9.17, 15) is 4.79 Å². The molecule has 1 aromatic carbocycles. The Balaban J connectivity index is 1.30. The van der Waals surface area contributed by atoms with Crippen molar-refractivity contribution in [2.75, 3.05) is 6.54 Å². The monoisotopic (exact) mass is 448 g/mol. The topological polar surface area (TPSA) is 58.1 Å². The molecule has 6 heteroatoms. The van der Waals surface area contributed by atoms with Crippen LogP contribution in [0.1, 0.15) is 46.8 Å². The van der Waals surface area contributed by atoms with Crippen LogP contribution in [0, 0.1) is 0 Å². The average Bonchev–Trinajstić information content (AvgIpc) is 3.26. The van der Waals surface area contributed by atoms with Crippen LogP contribution in [0.4, 0.5) is 0 Å². The largest absolute Gasteiger partial charge is 0.335 e. The zero-order valence-corrected chi connectivity index (χ0v) is 19.1. The molecule has 3 aromatic rings. The quantitative estimate of drug-likeness (QED) is 0.507. The lowest BCUT2D eigenvalue weighted by Gasteiger charge is -2.21. The molecular weight excluding hydrogens is 420 g/mol. The molecule has 0 aliphatic carbocycles. The van der Waals surface area contributed by atoms with Gasteiger partial charge in [-0.1, -0.05) is 35.9 Å². The molecular formula is C26H29ClN4O. The molecule has 1 saturated heterocycles. The number of hydrogen-bond donors (Lipinski definition) is 1. The van der Waals surface area contributed by atoms with E-state index in [2.05, 4.69) is 27.4 Å². The second kappa shape index (κ2) is 10.7. The van der Waals surface area contributed by atoms with Crippen LogP contribution < -0.4 is 5.32 Å². The Bertz CT molecular complexity index is 1010. The Hall–Kier alpha value is -2.76. The molecule has 166 valence electrons. The Morgan fingerprint density at radius 3 is 2.34 bits per heavy atom. The number of aromatic nitrogens is 2. The van der Waals surface area contributed by atoms with Gasteiger partial charge in [0.25, 0.3) is 5.91 Å². The van der Waals surface area contributed by atoms with Crippen molar-refractivity contribution < 1.29 is 4.79 Å². The van der Waals surface area contributed by atoms with Crippen LogP contribution in [0.3, 0.4) is 0 Å². The van der Waals surface area contributed by atoms with Gasteiger partial charge in [-0.3, -0.25) is 9.78 Å². The highest BCUT2D eigenvalue weighted by molar-refractivity contribution is 6.29. The fourth-order valence-electron chi connectivity index (χ4n) is 4.33. The second-order valence-electron chi connectivity index (χ2n) is 8.41. The van der Waals surface area contributed by atoms with Gasteiger partial charge >= 0.3 is 0 Å². The number of carbonyl (C=O) groups excluding carboxylic acids is 1. The van der Waals surface area contributed by atoms with E-state index in [4.69, 9.17) is 11.6 Å².